The predicted octanol–water partition coefficient (Wildman–Crippen LogP) is 12.3. The average molecular weight is 678 g/mol. The number of hydrogen-bond acceptors (Lipinski definition) is 3. The first-order valence-electron chi connectivity index (χ1n) is 17.9. The van der Waals surface area contributed by atoms with Crippen LogP contribution in [0.2, 0.25) is 0 Å². The van der Waals surface area contributed by atoms with E-state index in [1.165, 1.54) is 32.8 Å². The average Bonchev–Trinajstić information content (AvgIpc) is 3.71. The Balaban J connectivity index is 1.20. The topological polar surface area (TPSA) is 38.9 Å². The van der Waals surface area contributed by atoms with E-state index in [1.807, 2.05) is 30.6 Å². The van der Waals surface area contributed by atoms with Gasteiger partial charge in [0, 0.05) is 49.8 Å². The van der Waals surface area contributed by atoms with Gasteiger partial charge < -0.3 is 9.13 Å². The lowest BCUT2D eigenvalue weighted by Gasteiger charge is -2.26. The molecular weight excluding hydrogens is 647 g/mol. The smallest absolute Gasteiger partial charge is 0.156 e. The number of benzene rings is 7. The molecule has 53 heavy (non-hydrogen) atoms. The third-order valence-electron chi connectivity index (χ3n) is 10.6. The van der Waals surface area contributed by atoms with Crippen molar-refractivity contribution in [1.29, 1.82) is 0 Å². The minimum absolute atomic E-state index is 0.763. The summed E-state index contributed by atoms with van der Waals surface area (Å²) in [5, 5.41) is 3.66. The summed E-state index contributed by atoms with van der Waals surface area (Å²) in [7, 11) is 0. The van der Waals surface area contributed by atoms with Crippen LogP contribution in [0.25, 0.3) is 77.7 Å². The largest absolute Gasteiger partial charge is 0.309 e. The fraction of sp³-hybridized carbons (Fsp3) is 0. The highest BCUT2D eigenvalue weighted by Gasteiger charge is 2.32. The molecule has 4 heterocycles. The number of rotatable bonds is 4. The number of nitrogens with zero attached hydrogens (tertiary/aromatic N) is 5. The molecule has 0 bridgehead atoms. The second-order valence-electron chi connectivity index (χ2n) is 13.5. The zero-order chi connectivity index (χ0) is 34.9. The van der Waals surface area contributed by atoms with Crippen LogP contribution in [0.3, 0.4) is 0 Å². The maximum absolute atomic E-state index is 5.06. The highest BCUT2D eigenvalue weighted by Crippen LogP contribution is 2.54. The van der Waals surface area contributed by atoms with Crippen molar-refractivity contribution >= 4 is 49.9 Å². The van der Waals surface area contributed by atoms with Gasteiger partial charge in [0.2, 0.25) is 0 Å². The van der Waals surface area contributed by atoms with Gasteiger partial charge in [0.15, 0.2) is 5.82 Å². The van der Waals surface area contributed by atoms with Crippen molar-refractivity contribution in [3.63, 3.8) is 0 Å². The van der Waals surface area contributed by atoms with Crippen molar-refractivity contribution in [2.45, 2.75) is 0 Å². The minimum Gasteiger partial charge on any atom is -0.309 e. The van der Waals surface area contributed by atoms with E-state index in [4.69, 9.17) is 9.97 Å². The van der Waals surface area contributed by atoms with Gasteiger partial charge in [-0.05, 0) is 48.5 Å². The van der Waals surface area contributed by atoms with Gasteiger partial charge in [-0.3, -0.25) is 9.88 Å². The van der Waals surface area contributed by atoms with Crippen LogP contribution in [0.4, 0.5) is 17.2 Å². The molecule has 0 amide bonds. The van der Waals surface area contributed by atoms with Crippen molar-refractivity contribution in [2.75, 3.05) is 4.90 Å². The lowest BCUT2D eigenvalue weighted by Crippen LogP contribution is -2.13. The molecule has 5 heteroatoms. The van der Waals surface area contributed by atoms with Crippen molar-refractivity contribution in [3.05, 3.63) is 188 Å². The molecule has 0 radical (unpaired) electrons. The molecule has 248 valence electrons. The number of para-hydroxylation sites is 5. The molecule has 0 saturated carbocycles. The van der Waals surface area contributed by atoms with Crippen LogP contribution in [-0.4, -0.2) is 19.1 Å². The number of hydrogen-bond donors (Lipinski definition) is 0. The van der Waals surface area contributed by atoms with E-state index in [0.717, 1.165) is 62.2 Å². The molecule has 0 aliphatic carbocycles. The molecule has 0 spiro atoms. The molecular formula is C48H31N5. The lowest BCUT2D eigenvalue weighted by molar-refractivity contribution is 1.12. The van der Waals surface area contributed by atoms with E-state index < -0.39 is 0 Å². The second-order valence-corrected chi connectivity index (χ2v) is 13.5. The standard InChI is InChI=1S/C48H31N5/c1-3-15-32(16-4-1)40-30-50-46(31-49-40)53-43-25-13-9-21-38(43)47-37-20-8-12-24-42(37)52(48(47)39-22-10-14-26-44(39)53)34-27-28-36-35-19-7-11-23-41(35)51(45(36)29-34)33-17-5-2-6-18-33/h1-31H. The Morgan fingerprint density at radius 1 is 0.396 bits per heavy atom. The van der Waals surface area contributed by atoms with Crippen LogP contribution in [0.15, 0.2) is 188 Å². The normalized spacial score (nSPS) is 12.1. The summed E-state index contributed by atoms with van der Waals surface area (Å²) in [5.41, 5.74) is 14.3. The van der Waals surface area contributed by atoms with E-state index in [-0.39, 0.29) is 0 Å². The molecule has 0 fully saturated rings. The molecule has 0 saturated heterocycles. The first kappa shape index (κ1) is 29.5. The summed E-state index contributed by atoms with van der Waals surface area (Å²) < 4.78 is 4.85. The maximum atomic E-state index is 5.06. The van der Waals surface area contributed by atoms with Gasteiger partial charge in [0.1, 0.15) is 0 Å². The van der Waals surface area contributed by atoms with Gasteiger partial charge >= 0.3 is 0 Å². The Labute approximate surface area is 306 Å². The maximum Gasteiger partial charge on any atom is 0.156 e. The van der Waals surface area contributed by atoms with Crippen LogP contribution in [0, 0.1) is 0 Å². The van der Waals surface area contributed by atoms with Gasteiger partial charge in [-0.1, -0.05) is 127 Å². The van der Waals surface area contributed by atoms with Crippen molar-refractivity contribution in [3.8, 4) is 45.0 Å². The van der Waals surface area contributed by atoms with Gasteiger partial charge in [-0.25, -0.2) is 4.98 Å². The van der Waals surface area contributed by atoms with Gasteiger partial charge in [0.25, 0.3) is 0 Å². The van der Waals surface area contributed by atoms with Crippen LogP contribution in [-0.2, 0) is 0 Å². The van der Waals surface area contributed by atoms with Gasteiger partial charge in [-0.2, -0.15) is 0 Å². The second kappa shape index (κ2) is 11.7. The Morgan fingerprint density at radius 3 is 1.75 bits per heavy atom. The van der Waals surface area contributed by atoms with Crippen LogP contribution in [0.5, 0.6) is 0 Å². The van der Waals surface area contributed by atoms with E-state index in [0.29, 0.717) is 0 Å². The molecule has 5 nitrogen and oxygen atoms in total. The first-order chi connectivity index (χ1) is 26.3. The monoisotopic (exact) mass is 677 g/mol. The molecule has 1 aliphatic rings. The Hall–Kier alpha value is -7.24. The molecule has 10 aromatic rings. The lowest BCUT2D eigenvalue weighted by atomic mass is 9.98. The molecule has 0 atom stereocenters. The van der Waals surface area contributed by atoms with Crippen molar-refractivity contribution < 1.29 is 0 Å². The van der Waals surface area contributed by atoms with Crippen LogP contribution in [0.1, 0.15) is 0 Å². The third-order valence-corrected chi connectivity index (χ3v) is 10.6. The number of anilines is 3. The SMILES string of the molecule is c1ccc(-c2cnc(N3c4ccccc4-c4c(n(-c5ccc6c7ccccc7n(-c7ccccc7)c6c5)c5ccccc45)-c4ccccc43)cn2)cc1. The van der Waals surface area contributed by atoms with E-state index >= 15 is 0 Å². The summed E-state index contributed by atoms with van der Waals surface area (Å²) in [6.07, 6.45) is 3.78. The molecule has 11 rings (SSSR count). The van der Waals surface area contributed by atoms with E-state index in [9.17, 15) is 0 Å². The van der Waals surface area contributed by atoms with E-state index in [2.05, 4.69) is 172 Å². The fourth-order valence-corrected chi connectivity index (χ4v) is 8.31. The Kier molecular flexibility index (Phi) is 6.48. The Morgan fingerprint density at radius 2 is 1.00 bits per heavy atom. The number of fused-ring (bicyclic) bond motifs is 10. The van der Waals surface area contributed by atoms with E-state index in [1.54, 1.807) is 0 Å². The summed E-state index contributed by atoms with van der Waals surface area (Å²) in [5.74, 6) is 0.763. The van der Waals surface area contributed by atoms with Crippen LogP contribution < -0.4 is 4.90 Å². The van der Waals surface area contributed by atoms with Crippen LogP contribution >= 0.6 is 0 Å². The summed E-state index contributed by atoms with van der Waals surface area (Å²) in [6.45, 7) is 0. The molecule has 0 unspecified atom stereocenters. The summed E-state index contributed by atoms with van der Waals surface area (Å²) in [4.78, 5) is 12.2. The zero-order valence-corrected chi connectivity index (χ0v) is 28.6. The quantitative estimate of drug-likeness (QED) is 0.186. The summed E-state index contributed by atoms with van der Waals surface area (Å²) >= 11 is 0. The van der Waals surface area contributed by atoms with Crippen molar-refractivity contribution in [2.24, 2.45) is 0 Å². The fourth-order valence-electron chi connectivity index (χ4n) is 8.31. The molecule has 3 aromatic heterocycles. The number of aromatic nitrogens is 4. The molecule has 0 N–H and O–H groups in total. The highest BCUT2D eigenvalue weighted by molar-refractivity contribution is 6.14. The molecule has 7 aromatic carbocycles. The Bertz CT molecular complexity index is 2990. The van der Waals surface area contributed by atoms with Crippen molar-refractivity contribution in [1.82, 2.24) is 19.1 Å². The van der Waals surface area contributed by atoms with Gasteiger partial charge in [-0.15, -0.1) is 0 Å². The molecule has 1 aliphatic heterocycles. The summed E-state index contributed by atoms with van der Waals surface area (Å²) in [6, 6.07) is 62.7. The predicted molar refractivity (Wildman–Crippen MR) is 218 cm³/mol. The zero-order valence-electron chi connectivity index (χ0n) is 28.6. The third kappa shape index (κ3) is 4.44. The highest BCUT2D eigenvalue weighted by atomic mass is 15.2. The minimum atomic E-state index is 0.763. The van der Waals surface area contributed by atoms with Gasteiger partial charge in [0.05, 0.1) is 51.7 Å². The first-order valence-corrected chi connectivity index (χ1v) is 17.9.